The fraction of sp³-hybridized carbons (Fsp3) is 0.0870. The second-order valence-corrected chi connectivity index (χ2v) is 6.75. The molecule has 0 unspecified atom stereocenters. The van der Waals surface area contributed by atoms with Crippen LogP contribution in [0.2, 0.25) is 0 Å². The molecule has 150 valence electrons. The zero-order valence-corrected chi connectivity index (χ0v) is 16.2. The first-order valence-electron chi connectivity index (χ1n) is 9.28. The Balaban J connectivity index is 1.68. The van der Waals surface area contributed by atoms with E-state index in [0.717, 1.165) is 5.56 Å². The molecule has 2 N–H and O–H groups in total. The number of carbonyl (C=O) groups excluding carboxylic acids is 1. The minimum atomic E-state index is -0.318. The van der Waals surface area contributed by atoms with Gasteiger partial charge in [-0.2, -0.15) is 0 Å². The molecule has 7 nitrogen and oxygen atoms in total. The Bertz CT molecular complexity index is 1230. The van der Waals surface area contributed by atoms with Crippen molar-refractivity contribution in [3.63, 3.8) is 0 Å². The van der Waals surface area contributed by atoms with Crippen LogP contribution in [-0.2, 0) is 6.54 Å². The molecule has 0 bridgehead atoms. The second kappa shape index (κ2) is 8.08. The normalized spacial score (nSPS) is 10.7. The van der Waals surface area contributed by atoms with Crippen molar-refractivity contribution in [2.75, 3.05) is 12.4 Å². The number of rotatable bonds is 6. The number of methoxy groups -OCH3 is 1. The molecule has 1 heterocycles. The fourth-order valence-electron chi connectivity index (χ4n) is 3.38. The molecular weight excluding hydrogens is 382 g/mol. The molecule has 1 aromatic heterocycles. The quantitative estimate of drug-likeness (QED) is 0.442. The average Bonchev–Trinajstić information content (AvgIpc) is 3.04. The van der Waals surface area contributed by atoms with E-state index >= 15 is 0 Å². The van der Waals surface area contributed by atoms with Crippen LogP contribution in [0.5, 0.6) is 11.6 Å². The lowest BCUT2D eigenvalue weighted by atomic mass is 10.1. The van der Waals surface area contributed by atoms with E-state index in [2.05, 4.69) is 10.5 Å². The van der Waals surface area contributed by atoms with Crippen LogP contribution in [0.3, 0.4) is 0 Å². The molecule has 4 aromatic rings. The maximum atomic E-state index is 12.6. The van der Waals surface area contributed by atoms with E-state index in [1.807, 2.05) is 30.3 Å². The summed E-state index contributed by atoms with van der Waals surface area (Å²) in [7, 11) is 1.53. The van der Waals surface area contributed by atoms with Crippen LogP contribution in [-0.4, -0.2) is 22.7 Å². The van der Waals surface area contributed by atoms with Crippen LogP contribution in [0.25, 0.3) is 10.9 Å². The Hall–Kier alpha value is -4.13. The van der Waals surface area contributed by atoms with Crippen molar-refractivity contribution in [2.45, 2.75) is 6.54 Å². The third kappa shape index (κ3) is 3.60. The zero-order chi connectivity index (χ0) is 21.1. The Morgan fingerprint density at radius 3 is 2.60 bits per heavy atom. The van der Waals surface area contributed by atoms with Gasteiger partial charge >= 0.3 is 0 Å². The van der Waals surface area contributed by atoms with E-state index in [9.17, 15) is 14.8 Å². The molecule has 30 heavy (non-hydrogen) atoms. The third-order valence-electron chi connectivity index (χ3n) is 4.87. The number of hydrogen-bond acceptors (Lipinski definition) is 5. The minimum Gasteiger partial charge on any atom is -0.497 e. The highest BCUT2D eigenvalue weighted by Crippen LogP contribution is 2.40. The average molecular weight is 401 g/mol. The van der Waals surface area contributed by atoms with E-state index in [-0.39, 0.29) is 17.5 Å². The van der Waals surface area contributed by atoms with Gasteiger partial charge in [-0.15, -0.1) is 4.91 Å². The monoisotopic (exact) mass is 401 g/mol. The number of fused-ring (bicyclic) bond motifs is 1. The summed E-state index contributed by atoms with van der Waals surface area (Å²) in [6, 6.07) is 21.5. The lowest BCUT2D eigenvalue weighted by molar-refractivity contribution is 0.102. The lowest BCUT2D eigenvalue weighted by Gasteiger charge is -2.09. The molecule has 4 rings (SSSR count). The Labute approximate surface area is 172 Å². The number of aromatic nitrogens is 1. The summed E-state index contributed by atoms with van der Waals surface area (Å²) in [6.45, 7) is 0.383. The molecule has 0 fully saturated rings. The van der Waals surface area contributed by atoms with Crippen LogP contribution in [0.4, 0.5) is 11.4 Å². The summed E-state index contributed by atoms with van der Waals surface area (Å²) in [4.78, 5) is 24.0. The number of amides is 1. The second-order valence-electron chi connectivity index (χ2n) is 6.75. The number of benzene rings is 3. The van der Waals surface area contributed by atoms with Crippen molar-refractivity contribution in [3.8, 4) is 11.6 Å². The molecule has 7 heteroatoms. The van der Waals surface area contributed by atoms with E-state index < -0.39 is 0 Å². The highest BCUT2D eigenvalue weighted by molar-refractivity contribution is 6.06. The van der Waals surface area contributed by atoms with Crippen LogP contribution in [0.15, 0.2) is 78.0 Å². The van der Waals surface area contributed by atoms with E-state index in [4.69, 9.17) is 4.74 Å². The summed E-state index contributed by atoms with van der Waals surface area (Å²) in [5, 5.41) is 16.8. The number of nitroso groups, excluding NO2 is 1. The summed E-state index contributed by atoms with van der Waals surface area (Å²) in [5.74, 6) is 0.0513. The topological polar surface area (TPSA) is 92.9 Å². The predicted octanol–water partition coefficient (Wildman–Crippen LogP) is 5.05. The maximum absolute atomic E-state index is 12.6. The minimum absolute atomic E-state index is 0.0570. The summed E-state index contributed by atoms with van der Waals surface area (Å²) in [5.41, 5.74) is 2.48. The fourth-order valence-corrected chi connectivity index (χ4v) is 3.38. The van der Waals surface area contributed by atoms with Crippen molar-refractivity contribution in [3.05, 3.63) is 88.8 Å². The van der Waals surface area contributed by atoms with Crippen molar-refractivity contribution < 1.29 is 14.6 Å². The first-order valence-corrected chi connectivity index (χ1v) is 9.28. The van der Waals surface area contributed by atoms with Gasteiger partial charge in [0.15, 0.2) is 5.69 Å². The van der Waals surface area contributed by atoms with Crippen LogP contribution < -0.4 is 10.1 Å². The predicted molar refractivity (Wildman–Crippen MR) is 116 cm³/mol. The van der Waals surface area contributed by atoms with Gasteiger partial charge in [0.2, 0.25) is 5.88 Å². The summed E-state index contributed by atoms with van der Waals surface area (Å²) in [6.07, 6.45) is 0. The Kier molecular flexibility index (Phi) is 5.17. The van der Waals surface area contributed by atoms with E-state index in [1.165, 1.54) is 7.11 Å². The Morgan fingerprint density at radius 1 is 1.07 bits per heavy atom. The van der Waals surface area contributed by atoms with Crippen molar-refractivity contribution in [1.29, 1.82) is 0 Å². The van der Waals surface area contributed by atoms with Crippen molar-refractivity contribution in [2.24, 2.45) is 5.18 Å². The number of nitrogens with zero attached hydrogens (tertiary/aromatic N) is 2. The number of ether oxygens (including phenoxy) is 1. The standard InChI is InChI=1S/C23H19N3O4/c1-30-18-9-5-8-16(12-18)22(27)24-17-10-11-20-19(13-17)21(25-29)23(28)26(20)14-15-6-3-2-4-7-15/h2-13,28H,14H2,1H3,(H,24,27). The van der Waals surface area contributed by atoms with Gasteiger partial charge in [-0.05, 0) is 47.1 Å². The highest BCUT2D eigenvalue weighted by Gasteiger charge is 2.19. The van der Waals surface area contributed by atoms with Gasteiger partial charge in [-0.3, -0.25) is 4.79 Å². The first-order chi connectivity index (χ1) is 14.6. The number of hydrogen-bond donors (Lipinski definition) is 2. The van der Waals surface area contributed by atoms with Gasteiger partial charge in [0, 0.05) is 16.6 Å². The number of aromatic hydroxyl groups is 1. The highest BCUT2D eigenvalue weighted by atomic mass is 16.5. The zero-order valence-electron chi connectivity index (χ0n) is 16.2. The third-order valence-corrected chi connectivity index (χ3v) is 4.87. The molecule has 0 aliphatic rings. The molecule has 0 saturated heterocycles. The molecule has 0 aliphatic heterocycles. The SMILES string of the molecule is COc1cccc(C(=O)Nc2ccc3c(c2)c(N=O)c(O)n3Cc2ccccc2)c1. The molecule has 0 aliphatic carbocycles. The van der Waals surface area contributed by atoms with Crippen LogP contribution >= 0.6 is 0 Å². The van der Waals surface area contributed by atoms with Crippen LogP contribution in [0.1, 0.15) is 15.9 Å². The molecule has 3 aromatic carbocycles. The van der Waals surface area contributed by atoms with Crippen molar-refractivity contribution in [1.82, 2.24) is 4.57 Å². The molecule has 0 spiro atoms. The summed E-state index contributed by atoms with van der Waals surface area (Å²) < 4.78 is 6.77. The van der Waals surface area contributed by atoms with Gasteiger partial charge in [0.25, 0.3) is 5.91 Å². The maximum Gasteiger partial charge on any atom is 0.255 e. The van der Waals surface area contributed by atoms with Gasteiger partial charge in [0.1, 0.15) is 5.75 Å². The van der Waals surface area contributed by atoms with Crippen LogP contribution in [0, 0.1) is 4.91 Å². The molecule has 0 atom stereocenters. The van der Waals surface area contributed by atoms with E-state index in [1.54, 1.807) is 47.0 Å². The van der Waals surface area contributed by atoms with Gasteiger partial charge in [0.05, 0.1) is 19.2 Å². The van der Waals surface area contributed by atoms with Gasteiger partial charge in [-0.1, -0.05) is 36.4 Å². The Morgan fingerprint density at radius 2 is 1.87 bits per heavy atom. The van der Waals surface area contributed by atoms with Crippen molar-refractivity contribution >= 4 is 28.2 Å². The smallest absolute Gasteiger partial charge is 0.255 e. The molecule has 0 saturated carbocycles. The number of nitrogens with one attached hydrogen (secondary N) is 1. The van der Waals surface area contributed by atoms with Gasteiger partial charge < -0.3 is 19.7 Å². The van der Waals surface area contributed by atoms with E-state index in [0.29, 0.717) is 34.4 Å². The molecular formula is C23H19N3O4. The summed E-state index contributed by atoms with van der Waals surface area (Å²) >= 11 is 0. The number of carbonyl (C=O) groups is 1. The largest absolute Gasteiger partial charge is 0.497 e. The first kappa shape index (κ1) is 19.2. The number of anilines is 1. The van der Waals surface area contributed by atoms with Gasteiger partial charge in [-0.25, -0.2) is 0 Å². The molecule has 0 radical (unpaired) electrons. The molecule has 1 amide bonds. The lowest BCUT2D eigenvalue weighted by Crippen LogP contribution is -2.11.